The van der Waals surface area contributed by atoms with E-state index < -0.39 is 0 Å². The summed E-state index contributed by atoms with van der Waals surface area (Å²) in [5, 5.41) is 3.46. The summed E-state index contributed by atoms with van der Waals surface area (Å²) in [6, 6.07) is 7.18. The normalized spacial score (nSPS) is 21.0. The van der Waals surface area contributed by atoms with Gasteiger partial charge in [0.15, 0.2) is 0 Å². The van der Waals surface area contributed by atoms with Gasteiger partial charge >= 0.3 is 0 Å². The van der Waals surface area contributed by atoms with Gasteiger partial charge in [0.1, 0.15) is 0 Å². The summed E-state index contributed by atoms with van der Waals surface area (Å²) in [6.07, 6.45) is 1.15. The minimum Gasteiger partial charge on any atom is -0.306 e. The van der Waals surface area contributed by atoms with Crippen LogP contribution in [0.4, 0.5) is 0 Å². The average Bonchev–Trinajstić information content (AvgIpc) is 2.48. The van der Waals surface area contributed by atoms with Crippen molar-refractivity contribution in [1.82, 2.24) is 5.32 Å². The summed E-state index contributed by atoms with van der Waals surface area (Å²) in [5.74, 6) is 0. The van der Waals surface area contributed by atoms with Crippen LogP contribution in [0.15, 0.2) is 18.2 Å². The fourth-order valence-electron chi connectivity index (χ4n) is 2.05. The predicted octanol–water partition coefficient (Wildman–Crippen LogP) is 2.41. The largest absolute Gasteiger partial charge is 0.306 e. The van der Waals surface area contributed by atoms with Crippen molar-refractivity contribution in [1.29, 1.82) is 0 Å². The lowest BCUT2D eigenvalue weighted by atomic mass is 9.98. The minimum atomic E-state index is 0.552. The molecule has 1 N–H and O–H groups in total. The fraction of sp³-hybridized carbons (Fsp3) is 0.455. The fourth-order valence-corrected chi connectivity index (χ4v) is 2.05. The number of hydrogen-bond acceptors (Lipinski definition) is 1. The molecule has 2 rings (SSSR count). The van der Waals surface area contributed by atoms with E-state index in [4.69, 9.17) is 0 Å². The third-order valence-electron chi connectivity index (χ3n) is 2.70. The van der Waals surface area contributed by atoms with Crippen LogP contribution in [-0.2, 0) is 13.0 Å². The van der Waals surface area contributed by atoms with Crippen LogP contribution in [-0.4, -0.2) is 0 Å². The lowest BCUT2D eigenvalue weighted by Gasteiger charge is -2.09. The number of benzene rings is 1. The molecule has 1 heterocycles. The Hall–Kier alpha value is -0.820. The van der Waals surface area contributed by atoms with Gasteiger partial charge in [-0.25, -0.2) is 0 Å². The lowest BCUT2D eigenvalue weighted by Crippen LogP contribution is -2.08. The van der Waals surface area contributed by atoms with E-state index in [0.717, 1.165) is 13.0 Å². The van der Waals surface area contributed by atoms with Crippen molar-refractivity contribution in [3.8, 4) is 0 Å². The second kappa shape index (κ2) is 2.91. The molecule has 0 aromatic heterocycles. The van der Waals surface area contributed by atoms with E-state index in [9.17, 15) is 0 Å². The molecule has 1 atom stereocenters. The maximum absolute atomic E-state index is 3.46. The van der Waals surface area contributed by atoms with Gasteiger partial charge in [-0.1, -0.05) is 25.1 Å². The van der Waals surface area contributed by atoms with Crippen molar-refractivity contribution in [2.75, 3.05) is 0 Å². The number of rotatable bonds is 1. The number of hydrogen-bond donors (Lipinski definition) is 1. The minimum absolute atomic E-state index is 0.552. The standard InChI is InChI=1S/C11H15N/c1-3-9-5-4-6-10-7-12-8(2)11(9)10/h4-6,8,12H,3,7H2,1-2H3/t8-/m0/s1. The number of fused-ring (bicyclic) bond motifs is 1. The zero-order chi connectivity index (χ0) is 8.55. The summed E-state index contributed by atoms with van der Waals surface area (Å²) < 4.78 is 0. The molecular weight excluding hydrogens is 146 g/mol. The van der Waals surface area contributed by atoms with E-state index in [1.165, 1.54) is 11.1 Å². The molecule has 1 aliphatic rings. The van der Waals surface area contributed by atoms with Gasteiger partial charge in [-0.15, -0.1) is 0 Å². The Bertz CT molecular complexity index is 291. The second-order valence-electron chi connectivity index (χ2n) is 3.45. The van der Waals surface area contributed by atoms with Gasteiger partial charge in [-0.2, -0.15) is 0 Å². The first-order valence-corrected chi connectivity index (χ1v) is 4.67. The van der Waals surface area contributed by atoms with Crippen LogP contribution in [0.3, 0.4) is 0 Å². The van der Waals surface area contributed by atoms with Gasteiger partial charge in [0.05, 0.1) is 0 Å². The van der Waals surface area contributed by atoms with E-state index >= 15 is 0 Å². The Labute approximate surface area is 73.8 Å². The molecule has 0 saturated carbocycles. The Morgan fingerprint density at radius 1 is 1.50 bits per heavy atom. The van der Waals surface area contributed by atoms with Gasteiger partial charge in [-0.3, -0.25) is 0 Å². The molecule has 64 valence electrons. The quantitative estimate of drug-likeness (QED) is 0.667. The number of aryl methyl sites for hydroxylation is 1. The predicted molar refractivity (Wildman–Crippen MR) is 51.1 cm³/mol. The molecule has 1 aromatic carbocycles. The van der Waals surface area contributed by atoms with Gasteiger partial charge < -0.3 is 5.32 Å². The first kappa shape index (κ1) is 7.81. The third kappa shape index (κ3) is 1.05. The second-order valence-corrected chi connectivity index (χ2v) is 3.45. The van der Waals surface area contributed by atoms with E-state index in [0.29, 0.717) is 6.04 Å². The molecule has 0 unspecified atom stereocenters. The average molecular weight is 161 g/mol. The van der Waals surface area contributed by atoms with Crippen LogP contribution in [0, 0.1) is 0 Å². The maximum Gasteiger partial charge on any atom is 0.0300 e. The van der Waals surface area contributed by atoms with Crippen molar-refractivity contribution >= 4 is 0 Å². The molecule has 0 fully saturated rings. The molecule has 1 aromatic rings. The zero-order valence-corrected chi connectivity index (χ0v) is 7.72. The highest BCUT2D eigenvalue weighted by molar-refractivity contribution is 5.40. The van der Waals surface area contributed by atoms with E-state index in [-0.39, 0.29) is 0 Å². The molecule has 0 bridgehead atoms. The van der Waals surface area contributed by atoms with Crippen LogP contribution >= 0.6 is 0 Å². The summed E-state index contributed by atoms with van der Waals surface area (Å²) in [4.78, 5) is 0. The molecule has 1 nitrogen and oxygen atoms in total. The smallest absolute Gasteiger partial charge is 0.0300 e. The molecule has 0 saturated heterocycles. The van der Waals surface area contributed by atoms with Gasteiger partial charge in [-0.05, 0) is 30.0 Å². The van der Waals surface area contributed by atoms with E-state index in [1.54, 1.807) is 5.56 Å². The van der Waals surface area contributed by atoms with Crippen LogP contribution in [0.2, 0.25) is 0 Å². The van der Waals surface area contributed by atoms with Crippen molar-refractivity contribution in [3.63, 3.8) is 0 Å². The molecule has 0 aliphatic carbocycles. The van der Waals surface area contributed by atoms with Crippen LogP contribution in [0.5, 0.6) is 0 Å². The van der Waals surface area contributed by atoms with Crippen molar-refractivity contribution in [3.05, 3.63) is 34.9 Å². The highest BCUT2D eigenvalue weighted by atomic mass is 14.9. The Kier molecular flexibility index (Phi) is 1.89. The van der Waals surface area contributed by atoms with Gasteiger partial charge in [0.2, 0.25) is 0 Å². The summed E-state index contributed by atoms with van der Waals surface area (Å²) in [5.41, 5.74) is 4.53. The SMILES string of the molecule is CCc1cccc2c1[C@H](C)NC2. The van der Waals surface area contributed by atoms with Crippen molar-refractivity contribution in [2.45, 2.75) is 32.9 Å². The van der Waals surface area contributed by atoms with Crippen LogP contribution < -0.4 is 5.32 Å². The zero-order valence-electron chi connectivity index (χ0n) is 7.72. The Morgan fingerprint density at radius 2 is 2.33 bits per heavy atom. The first-order chi connectivity index (χ1) is 5.83. The molecule has 1 heteroatoms. The monoisotopic (exact) mass is 161 g/mol. The van der Waals surface area contributed by atoms with Gasteiger partial charge in [0.25, 0.3) is 0 Å². The first-order valence-electron chi connectivity index (χ1n) is 4.67. The van der Waals surface area contributed by atoms with E-state index in [2.05, 4.69) is 37.4 Å². The highest BCUT2D eigenvalue weighted by Gasteiger charge is 2.19. The molecular formula is C11H15N. The van der Waals surface area contributed by atoms with E-state index in [1.807, 2.05) is 0 Å². The summed E-state index contributed by atoms with van der Waals surface area (Å²) >= 11 is 0. The molecule has 12 heavy (non-hydrogen) atoms. The summed E-state index contributed by atoms with van der Waals surface area (Å²) in [7, 11) is 0. The number of nitrogens with one attached hydrogen (secondary N) is 1. The molecule has 0 radical (unpaired) electrons. The van der Waals surface area contributed by atoms with Gasteiger partial charge in [0, 0.05) is 12.6 Å². The van der Waals surface area contributed by atoms with Crippen LogP contribution in [0.1, 0.15) is 36.6 Å². The molecule has 1 aliphatic heterocycles. The third-order valence-corrected chi connectivity index (χ3v) is 2.70. The lowest BCUT2D eigenvalue weighted by molar-refractivity contribution is 0.630. The molecule has 0 amide bonds. The Balaban J connectivity index is 2.53. The maximum atomic E-state index is 3.46. The highest BCUT2D eigenvalue weighted by Crippen LogP contribution is 2.28. The Morgan fingerprint density at radius 3 is 3.08 bits per heavy atom. The topological polar surface area (TPSA) is 12.0 Å². The van der Waals surface area contributed by atoms with Crippen LogP contribution in [0.25, 0.3) is 0 Å². The summed E-state index contributed by atoms with van der Waals surface area (Å²) in [6.45, 7) is 5.51. The molecule has 0 spiro atoms. The van der Waals surface area contributed by atoms with Crippen molar-refractivity contribution in [2.24, 2.45) is 0 Å². The van der Waals surface area contributed by atoms with Crippen molar-refractivity contribution < 1.29 is 0 Å².